The van der Waals surface area contributed by atoms with Gasteiger partial charge in [-0.1, -0.05) is 25.2 Å². The number of rotatable bonds is 0. The van der Waals surface area contributed by atoms with Crippen LogP contribution in [-0.2, 0) is 0 Å². The van der Waals surface area contributed by atoms with E-state index in [1.54, 1.807) is 11.1 Å². The van der Waals surface area contributed by atoms with E-state index in [-0.39, 0.29) is 0 Å². The molecule has 0 aromatic rings. The van der Waals surface area contributed by atoms with Crippen LogP contribution in [0.25, 0.3) is 0 Å². The van der Waals surface area contributed by atoms with Gasteiger partial charge in [-0.2, -0.15) is 0 Å². The molecular weight excluding hydrogens is 144 g/mol. The van der Waals surface area contributed by atoms with Crippen LogP contribution in [0.15, 0.2) is 34.9 Å². The Labute approximate surface area is 74.7 Å². The fraction of sp³-hybridized carbons (Fsp3) is 0.500. The van der Waals surface area contributed by atoms with E-state index in [0.29, 0.717) is 5.92 Å². The summed E-state index contributed by atoms with van der Waals surface area (Å²) in [4.78, 5) is 0. The quantitative estimate of drug-likeness (QED) is 0.507. The average Bonchev–Trinajstić information content (AvgIpc) is 2.44. The molecule has 0 amide bonds. The lowest BCUT2D eigenvalue weighted by Crippen LogP contribution is -1.84. The Balaban J connectivity index is 2.44. The minimum Gasteiger partial charge on any atom is -0.0776 e. The van der Waals surface area contributed by atoms with Gasteiger partial charge in [0.15, 0.2) is 0 Å². The molecule has 2 aliphatic carbocycles. The Hall–Kier alpha value is -0.780. The Morgan fingerprint density at radius 2 is 2.17 bits per heavy atom. The van der Waals surface area contributed by atoms with Crippen LogP contribution >= 0.6 is 0 Å². The van der Waals surface area contributed by atoms with E-state index < -0.39 is 0 Å². The summed E-state index contributed by atoms with van der Waals surface area (Å²) in [6, 6.07) is 0. The number of hydrogen-bond acceptors (Lipinski definition) is 0. The van der Waals surface area contributed by atoms with E-state index in [1.807, 2.05) is 0 Å². The number of hydrogen-bond donors (Lipinski definition) is 0. The van der Waals surface area contributed by atoms with E-state index in [4.69, 9.17) is 0 Å². The third-order valence-electron chi connectivity index (χ3n) is 2.85. The maximum Gasteiger partial charge on any atom is -0.00727 e. The highest BCUT2D eigenvalue weighted by atomic mass is 14.2. The minimum absolute atomic E-state index is 0.630. The Morgan fingerprint density at radius 3 is 3.00 bits per heavy atom. The molecule has 0 spiro atoms. The van der Waals surface area contributed by atoms with Crippen LogP contribution in [0.3, 0.4) is 0 Å². The summed E-state index contributed by atoms with van der Waals surface area (Å²) in [6.07, 6.45) is 11.0. The van der Waals surface area contributed by atoms with E-state index in [1.165, 1.54) is 24.8 Å². The molecule has 0 aliphatic heterocycles. The third-order valence-corrected chi connectivity index (χ3v) is 2.85. The molecule has 0 N–H and O–H groups in total. The van der Waals surface area contributed by atoms with Crippen molar-refractivity contribution >= 4 is 0 Å². The van der Waals surface area contributed by atoms with Crippen LogP contribution in [0, 0.1) is 5.92 Å². The van der Waals surface area contributed by atoms with Crippen molar-refractivity contribution in [2.75, 3.05) is 0 Å². The van der Waals surface area contributed by atoms with Gasteiger partial charge < -0.3 is 0 Å². The highest BCUT2D eigenvalue weighted by Gasteiger charge is 2.17. The van der Waals surface area contributed by atoms with Crippen LogP contribution < -0.4 is 0 Å². The first-order valence-corrected chi connectivity index (χ1v) is 4.86. The maximum atomic E-state index is 2.43. The van der Waals surface area contributed by atoms with Crippen molar-refractivity contribution in [2.24, 2.45) is 5.92 Å². The van der Waals surface area contributed by atoms with Gasteiger partial charge in [0.25, 0.3) is 0 Å². The summed E-state index contributed by atoms with van der Waals surface area (Å²) in [7, 11) is 0. The largest absolute Gasteiger partial charge is 0.0776 e. The molecule has 1 atom stereocenters. The lowest BCUT2D eigenvalue weighted by Gasteiger charge is -2.02. The van der Waals surface area contributed by atoms with Gasteiger partial charge in [0.1, 0.15) is 0 Å². The molecule has 0 saturated heterocycles. The van der Waals surface area contributed by atoms with E-state index in [9.17, 15) is 0 Å². The molecule has 2 aliphatic rings. The second-order valence-electron chi connectivity index (χ2n) is 3.93. The first-order chi connectivity index (χ1) is 5.77. The second-order valence-corrected chi connectivity index (χ2v) is 3.93. The SMILES string of the molecule is CC1=C2CCCC2=CC(C)C=C1. The molecule has 0 heteroatoms. The molecule has 0 aromatic carbocycles. The molecule has 1 fully saturated rings. The Morgan fingerprint density at radius 1 is 1.33 bits per heavy atom. The molecule has 0 bridgehead atoms. The van der Waals surface area contributed by atoms with Gasteiger partial charge in [0, 0.05) is 0 Å². The van der Waals surface area contributed by atoms with Crippen molar-refractivity contribution in [3.63, 3.8) is 0 Å². The van der Waals surface area contributed by atoms with Crippen molar-refractivity contribution in [1.82, 2.24) is 0 Å². The van der Waals surface area contributed by atoms with Crippen molar-refractivity contribution < 1.29 is 0 Å². The summed E-state index contributed by atoms with van der Waals surface area (Å²) < 4.78 is 0. The lowest BCUT2D eigenvalue weighted by atomic mass is 10.0. The van der Waals surface area contributed by atoms with Gasteiger partial charge in [-0.3, -0.25) is 0 Å². The maximum absolute atomic E-state index is 2.43. The molecule has 0 heterocycles. The predicted octanol–water partition coefficient (Wildman–Crippen LogP) is 3.62. The normalized spacial score (nSPS) is 28.5. The zero-order valence-corrected chi connectivity index (χ0v) is 7.93. The monoisotopic (exact) mass is 160 g/mol. The minimum atomic E-state index is 0.630. The molecule has 64 valence electrons. The molecule has 2 rings (SSSR count). The predicted molar refractivity (Wildman–Crippen MR) is 52.9 cm³/mol. The van der Waals surface area contributed by atoms with Crippen LogP contribution in [0.1, 0.15) is 33.1 Å². The Kier molecular flexibility index (Phi) is 1.92. The van der Waals surface area contributed by atoms with Gasteiger partial charge in [0.2, 0.25) is 0 Å². The molecular formula is C12H16. The van der Waals surface area contributed by atoms with Crippen molar-refractivity contribution in [1.29, 1.82) is 0 Å². The zero-order valence-electron chi connectivity index (χ0n) is 7.93. The number of fused-ring (bicyclic) bond motifs is 1. The highest BCUT2D eigenvalue weighted by molar-refractivity contribution is 5.44. The van der Waals surface area contributed by atoms with Gasteiger partial charge in [-0.25, -0.2) is 0 Å². The molecule has 1 unspecified atom stereocenters. The van der Waals surface area contributed by atoms with Crippen molar-refractivity contribution in [2.45, 2.75) is 33.1 Å². The van der Waals surface area contributed by atoms with Crippen LogP contribution in [-0.4, -0.2) is 0 Å². The molecule has 0 radical (unpaired) electrons. The van der Waals surface area contributed by atoms with Crippen LogP contribution in [0.5, 0.6) is 0 Å². The smallest absolute Gasteiger partial charge is 0.00727 e. The highest BCUT2D eigenvalue weighted by Crippen LogP contribution is 2.35. The fourth-order valence-electron chi connectivity index (χ4n) is 2.17. The average molecular weight is 160 g/mol. The standard InChI is InChI=1S/C12H16/c1-9-6-7-10(2)12-5-3-4-11(12)8-9/h6-9H,3-5H2,1-2H3. The molecule has 1 saturated carbocycles. The number of allylic oxidation sites excluding steroid dienone is 6. The van der Waals surface area contributed by atoms with Crippen molar-refractivity contribution in [3.05, 3.63) is 34.9 Å². The summed E-state index contributed by atoms with van der Waals surface area (Å²) in [5, 5.41) is 0. The summed E-state index contributed by atoms with van der Waals surface area (Å²) >= 11 is 0. The lowest BCUT2D eigenvalue weighted by molar-refractivity contribution is 0.898. The first kappa shape index (κ1) is 7.85. The van der Waals surface area contributed by atoms with E-state index >= 15 is 0 Å². The van der Waals surface area contributed by atoms with E-state index in [2.05, 4.69) is 32.1 Å². The second kappa shape index (κ2) is 2.93. The van der Waals surface area contributed by atoms with Crippen LogP contribution in [0.2, 0.25) is 0 Å². The van der Waals surface area contributed by atoms with Gasteiger partial charge in [0.05, 0.1) is 0 Å². The third kappa shape index (κ3) is 1.26. The van der Waals surface area contributed by atoms with Gasteiger partial charge in [-0.05, 0) is 48.8 Å². The summed E-state index contributed by atoms with van der Waals surface area (Å²) in [5.74, 6) is 0.630. The van der Waals surface area contributed by atoms with Crippen molar-refractivity contribution in [3.8, 4) is 0 Å². The van der Waals surface area contributed by atoms with Gasteiger partial charge in [-0.15, -0.1) is 0 Å². The molecule has 0 aromatic heterocycles. The molecule has 0 nitrogen and oxygen atoms in total. The summed E-state index contributed by atoms with van der Waals surface area (Å²) in [5.41, 5.74) is 4.73. The fourth-order valence-corrected chi connectivity index (χ4v) is 2.17. The van der Waals surface area contributed by atoms with Gasteiger partial charge >= 0.3 is 0 Å². The summed E-state index contributed by atoms with van der Waals surface area (Å²) in [6.45, 7) is 4.50. The van der Waals surface area contributed by atoms with E-state index in [0.717, 1.165) is 0 Å². The topological polar surface area (TPSA) is 0 Å². The zero-order chi connectivity index (χ0) is 8.55. The Bertz CT molecular complexity index is 276. The van der Waals surface area contributed by atoms with Crippen LogP contribution in [0.4, 0.5) is 0 Å². The molecule has 12 heavy (non-hydrogen) atoms. The first-order valence-electron chi connectivity index (χ1n) is 4.86.